The van der Waals surface area contributed by atoms with Gasteiger partial charge in [-0.2, -0.15) is 0 Å². The lowest BCUT2D eigenvalue weighted by Gasteiger charge is -2.41. The molecule has 1 saturated heterocycles. The van der Waals surface area contributed by atoms with Gasteiger partial charge in [-0.15, -0.1) is 0 Å². The van der Waals surface area contributed by atoms with Gasteiger partial charge >= 0.3 is 5.97 Å². The van der Waals surface area contributed by atoms with Gasteiger partial charge in [0.25, 0.3) is 0 Å². The number of nitrogens with two attached hydrogens (primary N) is 1. The second-order valence-electron chi connectivity index (χ2n) is 12.4. The Labute approximate surface area is 276 Å². The Morgan fingerprint density at radius 2 is 1.71 bits per heavy atom. The SMILES string of the molecule is CC.CCCC(=O)OC(C)C.CCCCC(=N/C=C(\C)c1ccc(NC2CN(C(=O)C(C)C)C2)cc1S(N)=O)C1CCCCC1. The molecule has 0 radical (unpaired) electrons. The molecule has 2 fully saturated rings. The van der Waals surface area contributed by atoms with E-state index < -0.39 is 11.0 Å². The van der Waals surface area contributed by atoms with Crippen molar-refractivity contribution in [2.45, 2.75) is 144 Å². The van der Waals surface area contributed by atoms with Crippen molar-refractivity contribution in [3.8, 4) is 0 Å². The molecule has 1 aliphatic heterocycles. The van der Waals surface area contributed by atoms with E-state index in [0.717, 1.165) is 29.7 Å². The second-order valence-corrected chi connectivity index (χ2v) is 13.4. The summed E-state index contributed by atoms with van der Waals surface area (Å²) in [6.07, 6.45) is 13.2. The van der Waals surface area contributed by atoms with Crippen LogP contribution in [-0.2, 0) is 25.3 Å². The van der Waals surface area contributed by atoms with Crippen LogP contribution in [0.5, 0.6) is 0 Å². The molecule has 256 valence electrons. The third-order valence-electron chi connectivity index (χ3n) is 7.79. The Morgan fingerprint density at radius 1 is 1.07 bits per heavy atom. The first-order chi connectivity index (χ1) is 21.5. The first kappa shape index (κ1) is 40.5. The molecule has 9 heteroatoms. The lowest BCUT2D eigenvalue weighted by molar-refractivity contribution is -0.147. The summed E-state index contributed by atoms with van der Waals surface area (Å²) in [5.74, 6) is 0.714. The van der Waals surface area contributed by atoms with Crippen LogP contribution >= 0.6 is 0 Å². The minimum absolute atomic E-state index is 0.0181. The van der Waals surface area contributed by atoms with E-state index in [1.165, 1.54) is 50.7 Å². The van der Waals surface area contributed by atoms with E-state index in [0.29, 0.717) is 30.3 Å². The maximum Gasteiger partial charge on any atom is 0.306 e. The largest absolute Gasteiger partial charge is 0.463 e. The maximum atomic E-state index is 12.4. The predicted molar refractivity (Wildman–Crippen MR) is 191 cm³/mol. The number of likely N-dealkylation sites (tertiary alicyclic amines) is 1. The van der Waals surface area contributed by atoms with Crippen molar-refractivity contribution in [3.63, 3.8) is 0 Å². The second kappa shape index (κ2) is 22.1. The van der Waals surface area contributed by atoms with Gasteiger partial charge in [-0.05, 0) is 82.1 Å². The number of esters is 1. The van der Waals surface area contributed by atoms with Gasteiger partial charge in [-0.3, -0.25) is 14.6 Å². The lowest BCUT2D eigenvalue weighted by atomic mass is 9.84. The zero-order valence-electron chi connectivity index (χ0n) is 29.6. The molecular weight excluding hydrogens is 584 g/mol. The van der Waals surface area contributed by atoms with E-state index in [-0.39, 0.29) is 29.9 Å². The Kier molecular flexibility index (Phi) is 19.9. The molecule has 1 amide bonds. The third-order valence-corrected chi connectivity index (χ3v) is 8.56. The molecule has 2 aliphatic rings. The molecule has 1 saturated carbocycles. The Bertz CT molecular complexity index is 1120. The lowest BCUT2D eigenvalue weighted by Crippen LogP contribution is -2.57. The molecule has 0 aromatic heterocycles. The van der Waals surface area contributed by atoms with Gasteiger partial charge in [0.15, 0.2) is 0 Å². The van der Waals surface area contributed by atoms with Crippen LogP contribution in [0.4, 0.5) is 5.69 Å². The van der Waals surface area contributed by atoms with Gasteiger partial charge in [0, 0.05) is 43.0 Å². The number of nitrogens with one attached hydrogen (secondary N) is 1. The minimum atomic E-state index is -1.61. The molecule has 1 heterocycles. The minimum Gasteiger partial charge on any atom is -0.463 e. The van der Waals surface area contributed by atoms with Crippen LogP contribution in [-0.4, -0.2) is 51.9 Å². The van der Waals surface area contributed by atoms with Crippen molar-refractivity contribution >= 4 is 39.8 Å². The zero-order valence-corrected chi connectivity index (χ0v) is 30.4. The van der Waals surface area contributed by atoms with Crippen LogP contribution in [0.2, 0.25) is 0 Å². The van der Waals surface area contributed by atoms with E-state index in [2.05, 4.69) is 12.2 Å². The van der Waals surface area contributed by atoms with E-state index >= 15 is 0 Å². The molecule has 1 unspecified atom stereocenters. The summed E-state index contributed by atoms with van der Waals surface area (Å²) in [6, 6.07) is 6.05. The topological polar surface area (TPSA) is 114 Å². The monoisotopic (exact) mass is 646 g/mol. The molecule has 3 rings (SSSR count). The molecule has 1 aliphatic carbocycles. The van der Waals surface area contributed by atoms with Gasteiger partial charge in [-0.1, -0.05) is 73.3 Å². The number of anilines is 1. The molecular formula is C36H62N4O4S. The molecule has 3 N–H and O–H groups in total. The molecule has 0 bridgehead atoms. The van der Waals surface area contributed by atoms with Crippen molar-refractivity contribution in [2.75, 3.05) is 18.4 Å². The van der Waals surface area contributed by atoms with Crippen molar-refractivity contribution < 1.29 is 18.5 Å². The molecule has 8 nitrogen and oxygen atoms in total. The zero-order chi connectivity index (χ0) is 33.9. The molecule has 0 spiro atoms. The molecule has 1 atom stereocenters. The van der Waals surface area contributed by atoms with E-state index in [1.807, 2.05) is 84.7 Å². The van der Waals surface area contributed by atoms with Crippen LogP contribution < -0.4 is 10.5 Å². The standard InChI is InChI=1S/C27H42N4O2S.C7H14O2.C2H6/c1-5-6-12-25(21-10-8-7-9-11-21)29-16-20(4)24-14-13-22(15-26(24)34(28)33)30-23-17-31(18-23)27(32)19(2)3;1-4-5-7(8)9-6(2)3;1-2/h13-16,19,21,23,30H,5-12,17-18,28H2,1-4H3;6H,4-5H2,1-3H3;1-2H3/b20-16+,29-25?;;. The Balaban J connectivity index is 0.000000792. The maximum absolute atomic E-state index is 12.4. The summed E-state index contributed by atoms with van der Waals surface area (Å²) in [5.41, 5.74) is 4.04. The highest BCUT2D eigenvalue weighted by molar-refractivity contribution is 7.82. The number of carbonyl (C=O) groups excluding carboxylic acids is 2. The summed E-state index contributed by atoms with van der Waals surface area (Å²) < 4.78 is 17.2. The number of benzene rings is 1. The summed E-state index contributed by atoms with van der Waals surface area (Å²) >= 11 is 0. The third kappa shape index (κ3) is 14.6. The van der Waals surface area contributed by atoms with E-state index in [1.54, 1.807) is 0 Å². The number of aliphatic imine (C=N–C) groups is 1. The smallest absolute Gasteiger partial charge is 0.306 e. The van der Waals surface area contributed by atoms with Gasteiger partial charge < -0.3 is 15.0 Å². The number of amides is 1. The van der Waals surface area contributed by atoms with Crippen molar-refractivity contribution in [1.82, 2.24) is 4.90 Å². The fraction of sp³-hybridized carbons (Fsp3) is 0.694. The average Bonchev–Trinajstić information content (AvgIpc) is 2.99. The number of hydrogen-bond acceptors (Lipinski definition) is 6. The van der Waals surface area contributed by atoms with Crippen molar-refractivity contribution in [1.29, 1.82) is 0 Å². The number of hydrogen-bond donors (Lipinski definition) is 2. The summed E-state index contributed by atoms with van der Waals surface area (Å²) in [5, 5.41) is 9.31. The normalized spacial score (nSPS) is 16.7. The number of carbonyl (C=O) groups is 2. The molecule has 1 aromatic rings. The van der Waals surface area contributed by atoms with Crippen LogP contribution in [0.25, 0.3) is 5.57 Å². The van der Waals surface area contributed by atoms with Crippen LogP contribution in [0.1, 0.15) is 132 Å². The van der Waals surface area contributed by atoms with Crippen LogP contribution in [0.3, 0.4) is 0 Å². The Hall–Kier alpha value is -2.52. The van der Waals surface area contributed by atoms with Crippen molar-refractivity contribution in [2.24, 2.45) is 22.0 Å². The first-order valence-electron chi connectivity index (χ1n) is 17.2. The number of ether oxygens (including phenoxy) is 1. The van der Waals surface area contributed by atoms with Gasteiger partial charge in [0.2, 0.25) is 5.91 Å². The summed E-state index contributed by atoms with van der Waals surface area (Å²) in [7, 11) is -1.61. The van der Waals surface area contributed by atoms with Crippen LogP contribution in [0, 0.1) is 11.8 Å². The first-order valence-corrected chi connectivity index (χ1v) is 18.5. The van der Waals surface area contributed by atoms with Gasteiger partial charge in [0.05, 0.1) is 17.0 Å². The fourth-order valence-corrected chi connectivity index (χ4v) is 6.09. The fourth-order valence-electron chi connectivity index (χ4n) is 5.40. The number of rotatable bonds is 13. The summed E-state index contributed by atoms with van der Waals surface area (Å²) in [6.45, 7) is 19.1. The predicted octanol–water partition coefficient (Wildman–Crippen LogP) is 8.28. The van der Waals surface area contributed by atoms with Crippen molar-refractivity contribution in [3.05, 3.63) is 30.0 Å². The number of unbranched alkanes of at least 4 members (excludes halogenated alkanes) is 1. The quantitative estimate of drug-likeness (QED) is 0.165. The highest BCUT2D eigenvalue weighted by Gasteiger charge is 2.31. The number of allylic oxidation sites excluding steroid dienone is 1. The highest BCUT2D eigenvalue weighted by Crippen LogP contribution is 2.29. The van der Waals surface area contributed by atoms with Gasteiger partial charge in [0.1, 0.15) is 11.0 Å². The molecule has 1 aromatic carbocycles. The molecule has 45 heavy (non-hydrogen) atoms. The Morgan fingerprint density at radius 3 is 2.24 bits per heavy atom. The highest BCUT2D eigenvalue weighted by atomic mass is 32.2. The van der Waals surface area contributed by atoms with Crippen LogP contribution in [0.15, 0.2) is 34.3 Å². The summed E-state index contributed by atoms with van der Waals surface area (Å²) in [4.78, 5) is 30.1. The van der Waals surface area contributed by atoms with E-state index in [9.17, 15) is 13.8 Å². The number of nitrogens with zero attached hydrogens (tertiary/aromatic N) is 2. The average molecular weight is 647 g/mol. The van der Waals surface area contributed by atoms with Gasteiger partial charge in [-0.25, -0.2) is 9.35 Å². The van der Waals surface area contributed by atoms with E-state index in [4.69, 9.17) is 14.9 Å².